The number of hydrogen-bond donors (Lipinski definition) is 1. The molecule has 1 heterocycles. The van der Waals surface area contributed by atoms with Crippen LogP contribution in [0.5, 0.6) is 0 Å². The predicted octanol–water partition coefficient (Wildman–Crippen LogP) is 3.18. The Morgan fingerprint density at radius 3 is 2.31 bits per heavy atom. The van der Waals surface area contributed by atoms with Crippen molar-refractivity contribution in [2.24, 2.45) is 5.92 Å². The minimum atomic E-state index is 0.901. The summed E-state index contributed by atoms with van der Waals surface area (Å²) in [6.07, 6.45) is 6.42. The Kier molecular flexibility index (Phi) is 4.41. The van der Waals surface area contributed by atoms with Gasteiger partial charge in [0.2, 0.25) is 0 Å². The van der Waals surface area contributed by atoms with Crippen LogP contribution in [0.3, 0.4) is 0 Å². The first-order chi connectivity index (χ1) is 7.88. The molecule has 1 fully saturated rings. The van der Waals surface area contributed by atoms with E-state index >= 15 is 0 Å². The van der Waals surface area contributed by atoms with Gasteiger partial charge in [-0.15, -0.1) is 0 Å². The smallest absolute Gasteiger partial charge is 0.00462 e. The summed E-state index contributed by atoms with van der Waals surface area (Å²) in [5.74, 6) is 0.901. The second kappa shape index (κ2) is 6.05. The van der Waals surface area contributed by atoms with Gasteiger partial charge in [0.05, 0.1) is 0 Å². The summed E-state index contributed by atoms with van der Waals surface area (Å²) in [5, 5.41) is 3.43. The van der Waals surface area contributed by atoms with Crippen LogP contribution in [0, 0.1) is 5.92 Å². The third-order valence-electron chi connectivity index (χ3n) is 3.54. The maximum Gasteiger partial charge on any atom is -0.00462 e. The minimum absolute atomic E-state index is 0.901. The van der Waals surface area contributed by atoms with E-state index in [1.807, 2.05) is 0 Å². The molecule has 1 saturated heterocycles. The van der Waals surface area contributed by atoms with Crippen LogP contribution in [0.15, 0.2) is 24.3 Å². The molecule has 0 bridgehead atoms. The Morgan fingerprint density at radius 2 is 1.69 bits per heavy atom. The van der Waals surface area contributed by atoms with Crippen molar-refractivity contribution in [1.29, 1.82) is 0 Å². The predicted molar refractivity (Wildman–Crippen MR) is 69.7 cm³/mol. The molecule has 1 aromatic rings. The van der Waals surface area contributed by atoms with Crippen LogP contribution >= 0.6 is 0 Å². The second-order valence-electron chi connectivity index (χ2n) is 4.96. The highest BCUT2D eigenvalue weighted by Gasteiger charge is 2.13. The first-order valence-corrected chi connectivity index (χ1v) is 6.67. The molecule has 0 radical (unpaired) electrons. The molecular weight excluding hydrogens is 194 g/mol. The average Bonchev–Trinajstić information content (AvgIpc) is 2.33. The van der Waals surface area contributed by atoms with E-state index in [2.05, 4.69) is 36.5 Å². The molecular formula is C15H23N. The van der Waals surface area contributed by atoms with Crippen LogP contribution in [-0.2, 0) is 12.8 Å². The summed E-state index contributed by atoms with van der Waals surface area (Å²) in [6, 6.07) is 9.26. The van der Waals surface area contributed by atoms with Crippen molar-refractivity contribution in [3.05, 3.63) is 35.4 Å². The Morgan fingerprint density at radius 1 is 1.06 bits per heavy atom. The van der Waals surface area contributed by atoms with E-state index in [0.29, 0.717) is 0 Å². The minimum Gasteiger partial charge on any atom is -0.317 e. The molecule has 1 N–H and O–H groups in total. The monoisotopic (exact) mass is 217 g/mol. The van der Waals surface area contributed by atoms with Gasteiger partial charge in [-0.05, 0) is 55.8 Å². The van der Waals surface area contributed by atoms with E-state index in [-0.39, 0.29) is 0 Å². The lowest BCUT2D eigenvalue weighted by Gasteiger charge is -2.22. The molecule has 0 saturated carbocycles. The SMILES string of the molecule is CCCc1ccc(CC2CCNCC2)cc1. The lowest BCUT2D eigenvalue weighted by molar-refractivity contribution is 0.372. The Hall–Kier alpha value is -0.820. The summed E-state index contributed by atoms with van der Waals surface area (Å²) < 4.78 is 0. The molecule has 1 heteroatoms. The molecule has 2 rings (SSSR count). The van der Waals surface area contributed by atoms with E-state index in [9.17, 15) is 0 Å². The van der Waals surface area contributed by atoms with Crippen LogP contribution in [0.2, 0.25) is 0 Å². The number of nitrogens with one attached hydrogen (secondary N) is 1. The summed E-state index contributed by atoms with van der Waals surface area (Å²) in [4.78, 5) is 0. The van der Waals surface area contributed by atoms with Crippen molar-refractivity contribution in [3.8, 4) is 0 Å². The van der Waals surface area contributed by atoms with Gasteiger partial charge < -0.3 is 5.32 Å². The third-order valence-corrected chi connectivity index (χ3v) is 3.54. The number of aryl methyl sites for hydroxylation is 1. The standard InChI is InChI=1S/C15H23N/c1-2-3-13-4-6-14(7-5-13)12-15-8-10-16-11-9-15/h4-7,15-16H,2-3,8-12H2,1H3. The molecule has 1 aliphatic heterocycles. The van der Waals surface area contributed by atoms with Gasteiger partial charge in [-0.25, -0.2) is 0 Å². The molecule has 88 valence electrons. The van der Waals surface area contributed by atoms with Crippen LogP contribution in [0.1, 0.15) is 37.3 Å². The van der Waals surface area contributed by atoms with Gasteiger partial charge in [0, 0.05) is 0 Å². The van der Waals surface area contributed by atoms with E-state index in [1.54, 1.807) is 0 Å². The third kappa shape index (κ3) is 3.34. The van der Waals surface area contributed by atoms with Gasteiger partial charge in [-0.3, -0.25) is 0 Å². The molecule has 16 heavy (non-hydrogen) atoms. The highest BCUT2D eigenvalue weighted by Crippen LogP contribution is 2.18. The van der Waals surface area contributed by atoms with E-state index < -0.39 is 0 Å². The fraction of sp³-hybridized carbons (Fsp3) is 0.600. The van der Waals surface area contributed by atoms with Gasteiger partial charge in [0.15, 0.2) is 0 Å². The van der Waals surface area contributed by atoms with Gasteiger partial charge in [-0.1, -0.05) is 37.6 Å². The number of piperidine rings is 1. The molecule has 0 aromatic heterocycles. The molecule has 0 amide bonds. The van der Waals surface area contributed by atoms with Gasteiger partial charge in [-0.2, -0.15) is 0 Å². The quantitative estimate of drug-likeness (QED) is 0.817. The Bertz CT molecular complexity index is 296. The van der Waals surface area contributed by atoms with Crippen molar-refractivity contribution >= 4 is 0 Å². The van der Waals surface area contributed by atoms with Gasteiger partial charge >= 0.3 is 0 Å². The highest BCUT2D eigenvalue weighted by atomic mass is 14.9. The van der Waals surface area contributed by atoms with Crippen molar-refractivity contribution in [2.75, 3.05) is 13.1 Å². The summed E-state index contributed by atoms with van der Waals surface area (Å²) >= 11 is 0. The zero-order valence-electron chi connectivity index (χ0n) is 10.3. The normalized spacial score (nSPS) is 17.6. The molecule has 1 aliphatic rings. The average molecular weight is 217 g/mol. The van der Waals surface area contributed by atoms with Crippen molar-refractivity contribution < 1.29 is 0 Å². The number of rotatable bonds is 4. The lowest BCUT2D eigenvalue weighted by atomic mass is 9.90. The maximum atomic E-state index is 3.43. The number of benzene rings is 1. The fourth-order valence-corrected chi connectivity index (χ4v) is 2.55. The molecule has 1 aromatic carbocycles. The van der Waals surface area contributed by atoms with Crippen molar-refractivity contribution in [3.63, 3.8) is 0 Å². The molecule has 0 unspecified atom stereocenters. The van der Waals surface area contributed by atoms with Crippen LogP contribution in [0.4, 0.5) is 0 Å². The van der Waals surface area contributed by atoms with Crippen LogP contribution in [0.25, 0.3) is 0 Å². The van der Waals surface area contributed by atoms with E-state index in [0.717, 1.165) is 5.92 Å². The number of hydrogen-bond acceptors (Lipinski definition) is 1. The molecule has 0 aliphatic carbocycles. The zero-order chi connectivity index (χ0) is 11.2. The molecule has 0 spiro atoms. The first-order valence-electron chi connectivity index (χ1n) is 6.67. The topological polar surface area (TPSA) is 12.0 Å². The molecule has 0 atom stereocenters. The van der Waals surface area contributed by atoms with Crippen molar-refractivity contribution in [2.45, 2.75) is 39.0 Å². The highest BCUT2D eigenvalue weighted by molar-refractivity contribution is 5.23. The second-order valence-corrected chi connectivity index (χ2v) is 4.96. The summed E-state index contributed by atoms with van der Waals surface area (Å²) in [7, 11) is 0. The maximum absolute atomic E-state index is 3.43. The summed E-state index contributed by atoms with van der Waals surface area (Å²) in [5.41, 5.74) is 3.00. The lowest BCUT2D eigenvalue weighted by Crippen LogP contribution is -2.28. The van der Waals surface area contributed by atoms with Crippen LogP contribution in [-0.4, -0.2) is 13.1 Å². The largest absolute Gasteiger partial charge is 0.317 e. The van der Waals surface area contributed by atoms with E-state index in [4.69, 9.17) is 0 Å². The first kappa shape index (κ1) is 11.7. The van der Waals surface area contributed by atoms with Crippen molar-refractivity contribution in [1.82, 2.24) is 5.32 Å². The molecule has 1 nitrogen and oxygen atoms in total. The fourth-order valence-electron chi connectivity index (χ4n) is 2.55. The summed E-state index contributed by atoms with van der Waals surface area (Å²) in [6.45, 7) is 4.65. The van der Waals surface area contributed by atoms with E-state index in [1.165, 1.54) is 56.3 Å². The Balaban J connectivity index is 1.88. The van der Waals surface area contributed by atoms with Gasteiger partial charge in [0.1, 0.15) is 0 Å². The Labute approximate surface area is 99.3 Å². The van der Waals surface area contributed by atoms with Gasteiger partial charge in [0.25, 0.3) is 0 Å². The van der Waals surface area contributed by atoms with Crippen LogP contribution < -0.4 is 5.32 Å². The zero-order valence-corrected chi connectivity index (χ0v) is 10.3.